The number of hydrogen-bond acceptors (Lipinski definition) is 6. The maximum atomic E-state index is 12.4. The molecule has 2 heterocycles. The van der Waals surface area contributed by atoms with Gasteiger partial charge in [0, 0.05) is 6.07 Å². The van der Waals surface area contributed by atoms with Gasteiger partial charge in [0.15, 0.2) is 10.7 Å². The summed E-state index contributed by atoms with van der Waals surface area (Å²) in [4.78, 5) is 4.13. The number of para-hydroxylation sites is 1. The van der Waals surface area contributed by atoms with E-state index in [-0.39, 0.29) is 10.7 Å². The molecule has 8 heteroatoms. The van der Waals surface area contributed by atoms with Gasteiger partial charge < -0.3 is 9.26 Å². The first-order valence-electron chi connectivity index (χ1n) is 7.10. The van der Waals surface area contributed by atoms with Gasteiger partial charge in [-0.1, -0.05) is 23.4 Å². The van der Waals surface area contributed by atoms with Crippen LogP contribution >= 0.6 is 0 Å². The van der Waals surface area contributed by atoms with Crippen molar-refractivity contribution in [3.8, 4) is 11.6 Å². The Morgan fingerprint density at radius 2 is 1.83 bits per heavy atom. The molecule has 1 aromatic carbocycles. The first kappa shape index (κ1) is 16.0. The highest BCUT2D eigenvalue weighted by molar-refractivity contribution is 7.92. The number of sulfonamides is 1. The summed E-state index contributed by atoms with van der Waals surface area (Å²) in [5, 5.41) is 3.66. The Morgan fingerprint density at radius 1 is 1.08 bits per heavy atom. The molecule has 0 spiro atoms. The largest absolute Gasteiger partial charge is 0.439 e. The zero-order valence-electron chi connectivity index (χ0n) is 13.1. The lowest BCUT2D eigenvalue weighted by molar-refractivity contribution is 0.390. The van der Waals surface area contributed by atoms with E-state index >= 15 is 0 Å². The number of pyridine rings is 1. The smallest absolute Gasteiger partial charge is 0.267 e. The second-order valence-corrected chi connectivity index (χ2v) is 6.68. The van der Waals surface area contributed by atoms with Crippen LogP contribution in [0.2, 0.25) is 0 Å². The number of aromatic nitrogens is 2. The van der Waals surface area contributed by atoms with Gasteiger partial charge in [-0.15, -0.1) is 0 Å². The van der Waals surface area contributed by atoms with Gasteiger partial charge in [0.2, 0.25) is 5.88 Å². The molecule has 3 aromatic rings. The topological polar surface area (TPSA) is 94.3 Å². The molecule has 0 saturated heterocycles. The van der Waals surface area contributed by atoms with Crippen LogP contribution in [-0.4, -0.2) is 18.6 Å². The average molecular weight is 345 g/mol. The molecule has 3 rings (SSSR count). The van der Waals surface area contributed by atoms with E-state index in [2.05, 4.69) is 14.9 Å². The number of anilines is 1. The summed E-state index contributed by atoms with van der Waals surface area (Å²) >= 11 is 0. The van der Waals surface area contributed by atoms with Crippen LogP contribution in [0.15, 0.2) is 58.1 Å². The molecule has 0 aliphatic carbocycles. The van der Waals surface area contributed by atoms with Crippen LogP contribution in [0.3, 0.4) is 0 Å². The first-order chi connectivity index (χ1) is 11.5. The molecule has 0 aliphatic rings. The van der Waals surface area contributed by atoms with Gasteiger partial charge >= 0.3 is 0 Å². The molecule has 0 unspecified atom stereocenters. The van der Waals surface area contributed by atoms with Crippen molar-refractivity contribution in [3.05, 3.63) is 60.1 Å². The van der Waals surface area contributed by atoms with Crippen molar-refractivity contribution in [3.63, 3.8) is 0 Å². The lowest BCUT2D eigenvalue weighted by Crippen LogP contribution is -2.14. The molecule has 0 atom stereocenters. The van der Waals surface area contributed by atoms with Crippen LogP contribution in [-0.2, 0) is 10.0 Å². The number of nitrogens with zero attached hydrogens (tertiary/aromatic N) is 2. The molecule has 124 valence electrons. The van der Waals surface area contributed by atoms with E-state index in [0.29, 0.717) is 23.0 Å². The minimum atomic E-state index is -3.79. The number of rotatable bonds is 5. The highest BCUT2D eigenvalue weighted by Crippen LogP contribution is 2.24. The fraction of sp³-hybridized carbons (Fsp3) is 0.125. The van der Waals surface area contributed by atoms with E-state index in [0.717, 1.165) is 0 Å². The van der Waals surface area contributed by atoms with Crippen LogP contribution in [0.5, 0.6) is 11.6 Å². The summed E-state index contributed by atoms with van der Waals surface area (Å²) in [5.41, 5.74) is 0.618. The highest BCUT2D eigenvalue weighted by atomic mass is 32.2. The zero-order valence-corrected chi connectivity index (χ0v) is 13.9. The van der Waals surface area contributed by atoms with Gasteiger partial charge in [0.05, 0.1) is 11.9 Å². The fourth-order valence-corrected chi connectivity index (χ4v) is 3.55. The predicted octanol–water partition coefficient (Wildman–Crippen LogP) is 3.28. The Kier molecular flexibility index (Phi) is 4.22. The molecule has 0 saturated carbocycles. The quantitative estimate of drug-likeness (QED) is 0.762. The number of hydrogen-bond donors (Lipinski definition) is 1. The number of ether oxygens (including phenoxy) is 1. The minimum absolute atomic E-state index is 0.0344. The van der Waals surface area contributed by atoms with E-state index in [4.69, 9.17) is 9.26 Å². The van der Waals surface area contributed by atoms with Gasteiger partial charge in [-0.2, -0.15) is 0 Å². The van der Waals surface area contributed by atoms with Gasteiger partial charge in [-0.3, -0.25) is 4.72 Å². The maximum absolute atomic E-state index is 12.4. The van der Waals surface area contributed by atoms with Crippen molar-refractivity contribution in [2.75, 3.05) is 4.72 Å². The van der Waals surface area contributed by atoms with Gasteiger partial charge in [-0.25, -0.2) is 13.4 Å². The Morgan fingerprint density at radius 3 is 2.42 bits per heavy atom. The Balaban J connectivity index is 1.77. The third-order valence-electron chi connectivity index (χ3n) is 3.19. The molecule has 0 bridgehead atoms. The molecule has 0 amide bonds. The number of nitrogens with one attached hydrogen (secondary N) is 1. The van der Waals surface area contributed by atoms with Crippen molar-refractivity contribution in [1.29, 1.82) is 0 Å². The third-order valence-corrected chi connectivity index (χ3v) is 4.82. The summed E-state index contributed by atoms with van der Waals surface area (Å²) in [6, 6.07) is 12.3. The molecule has 1 N–H and O–H groups in total. The summed E-state index contributed by atoms with van der Waals surface area (Å²) < 4.78 is 37.7. The molecule has 7 nitrogen and oxygen atoms in total. The Hall–Kier alpha value is -2.87. The summed E-state index contributed by atoms with van der Waals surface area (Å²) in [5.74, 6) is 1.24. The average Bonchev–Trinajstić information content (AvgIpc) is 2.90. The lowest BCUT2D eigenvalue weighted by Gasteiger charge is -2.08. The fourth-order valence-electron chi connectivity index (χ4n) is 2.17. The van der Waals surface area contributed by atoms with E-state index in [1.807, 2.05) is 18.2 Å². The van der Waals surface area contributed by atoms with Crippen molar-refractivity contribution in [2.45, 2.75) is 18.7 Å². The first-order valence-corrected chi connectivity index (χ1v) is 8.59. The molecule has 2 aromatic heterocycles. The van der Waals surface area contributed by atoms with E-state index in [1.54, 1.807) is 38.1 Å². The van der Waals surface area contributed by atoms with E-state index in [1.165, 1.54) is 6.20 Å². The van der Waals surface area contributed by atoms with Crippen LogP contribution in [0.25, 0.3) is 0 Å². The maximum Gasteiger partial charge on any atom is 0.267 e. The normalized spacial score (nSPS) is 11.2. The van der Waals surface area contributed by atoms with Gasteiger partial charge in [0.1, 0.15) is 11.4 Å². The summed E-state index contributed by atoms with van der Waals surface area (Å²) in [6.07, 6.45) is 1.38. The number of aryl methyl sites for hydroxylation is 2. The van der Waals surface area contributed by atoms with Crippen molar-refractivity contribution in [1.82, 2.24) is 10.1 Å². The monoisotopic (exact) mass is 345 g/mol. The predicted molar refractivity (Wildman–Crippen MR) is 87.5 cm³/mol. The SMILES string of the molecule is Cc1noc(C)c1S(=O)(=O)Nc1ccc(Oc2ccccc2)nc1. The van der Waals surface area contributed by atoms with E-state index < -0.39 is 10.0 Å². The second kappa shape index (κ2) is 6.32. The zero-order chi connectivity index (χ0) is 17.2. The third kappa shape index (κ3) is 3.38. The molecular weight excluding hydrogens is 330 g/mol. The van der Waals surface area contributed by atoms with Crippen LogP contribution in [0.4, 0.5) is 5.69 Å². The minimum Gasteiger partial charge on any atom is -0.439 e. The van der Waals surface area contributed by atoms with Crippen molar-refractivity contribution < 1.29 is 17.7 Å². The second-order valence-electron chi connectivity index (χ2n) is 5.06. The van der Waals surface area contributed by atoms with Crippen LogP contribution < -0.4 is 9.46 Å². The molecule has 0 radical (unpaired) electrons. The molecule has 24 heavy (non-hydrogen) atoms. The summed E-state index contributed by atoms with van der Waals surface area (Å²) in [7, 11) is -3.79. The van der Waals surface area contributed by atoms with Crippen LogP contribution in [0.1, 0.15) is 11.5 Å². The van der Waals surface area contributed by atoms with Crippen molar-refractivity contribution in [2.24, 2.45) is 0 Å². The standard InChI is InChI=1S/C16H15N3O4S/c1-11-16(12(2)23-18-11)24(20,21)19-13-8-9-15(17-10-13)22-14-6-4-3-5-7-14/h3-10,19H,1-2H3. The van der Waals surface area contributed by atoms with Gasteiger partial charge in [-0.05, 0) is 32.0 Å². The van der Waals surface area contributed by atoms with Crippen molar-refractivity contribution >= 4 is 15.7 Å². The molecular formula is C16H15N3O4S. The lowest BCUT2D eigenvalue weighted by atomic mass is 10.3. The van der Waals surface area contributed by atoms with Gasteiger partial charge in [0.25, 0.3) is 10.0 Å². The highest BCUT2D eigenvalue weighted by Gasteiger charge is 2.24. The van der Waals surface area contributed by atoms with Crippen LogP contribution in [0, 0.1) is 13.8 Å². The Labute approximate surface area is 139 Å². The number of benzene rings is 1. The Bertz CT molecular complexity index is 916. The summed E-state index contributed by atoms with van der Waals surface area (Å²) in [6.45, 7) is 3.11. The molecule has 0 aliphatic heterocycles. The van der Waals surface area contributed by atoms with E-state index in [9.17, 15) is 8.42 Å². The molecule has 0 fully saturated rings.